The number of anilines is 1. The average Bonchev–Trinajstić information content (AvgIpc) is 2.80. The zero-order chi connectivity index (χ0) is 20.9. The number of ether oxygens (including phenoxy) is 1. The maximum absolute atomic E-state index is 13.2. The molecule has 30 heavy (non-hydrogen) atoms. The van der Waals surface area contributed by atoms with Crippen molar-refractivity contribution < 1.29 is 14.5 Å². The number of nitrogens with zero attached hydrogens (tertiary/aromatic N) is 4. The minimum Gasteiger partial charge on any atom is -0.378 e. The van der Waals surface area contributed by atoms with E-state index in [0.29, 0.717) is 37.5 Å². The quantitative estimate of drug-likeness (QED) is 0.571. The van der Waals surface area contributed by atoms with Crippen LogP contribution in [0, 0.1) is 10.1 Å². The summed E-state index contributed by atoms with van der Waals surface area (Å²) in [7, 11) is 0. The molecular weight excluding hydrogens is 384 g/mol. The molecule has 1 aromatic carbocycles. The first-order chi connectivity index (χ1) is 14.6. The van der Waals surface area contributed by atoms with Crippen molar-refractivity contribution in [3.05, 3.63) is 63.8 Å². The maximum atomic E-state index is 13.2. The number of nitro benzene ring substituents is 1. The van der Waals surface area contributed by atoms with Crippen LogP contribution in [0.1, 0.15) is 42.5 Å². The molecule has 2 heterocycles. The summed E-state index contributed by atoms with van der Waals surface area (Å²) >= 11 is 0. The molecule has 0 spiro atoms. The zero-order valence-corrected chi connectivity index (χ0v) is 16.9. The van der Waals surface area contributed by atoms with Crippen molar-refractivity contribution in [3.8, 4) is 0 Å². The molecule has 8 nitrogen and oxygen atoms in total. The van der Waals surface area contributed by atoms with Crippen molar-refractivity contribution in [1.82, 2.24) is 4.57 Å². The fourth-order valence-corrected chi connectivity index (χ4v) is 4.12. The van der Waals surface area contributed by atoms with Gasteiger partial charge in [0.05, 0.1) is 24.2 Å². The van der Waals surface area contributed by atoms with Crippen LogP contribution in [0.4, 0.5) is 11.4 Å². The molecule has 2 fully saturated rings. The van der Waals surface area contributed by atoms with Gasteiger partial charge in [-0.15, -0.1) is 0 Å². The summed E-state index contributed by atoms with van der Waals surface area (Å²) in [4.78, 5) is 31.2. The van der Waals surface area contributed by atoms with Gasteiger partial charge in [-0.1, -0.05) is 25.3 Å². The van der Waals surface area contributed by atoms with E-state index in [1.165, 1.54) is 17.1 Å². The number of benzene rings is 1. The largest absolute Gasteiger partial charge is 0.378 e. The van der Waals surface area contributed by atoms with Crippen molar-refractivity contribution in [2.45, 2.75) is 38.1 Å². The first-order valence-corrected chi connectivity index (χ1v) is 10.5. The lowest BCUT2D eigenvalue weighted by molar-refractivity contribution is -0.384. The van der Waals surface area contributed by atoms with Crippen LogP contribution in [0.2, 0.25) is 0 Å². The second-order valence-corrected chi connectivity index (χ2v) is 7.71. The van der Waals surface area contributed by atoms with E-state index in [4.69, 9.17) is 9.73 Å². The van der Waals surface area contributed by atoms with Gasteiger partial charge in [-0.25, -0.2) is 0 Å². The van der Waals surface area contributed by atoms with Gasteiger partial charge in [-0.05, 0) is 37.1 Å². The Balaban J connectivity index is 1.68. The molecule has 4 rings (SSSR count). The molecule has 0 bridgehead atoms. The van der Waals surface area contributed by atoms with E-state index in [1.54, 1.807) is 24.4 Å². The van der Waals surface area contributed by atoms with Gasteiger partial charge in [-0.2, -0.15) is 0 Å². The molecule has 1 aliphatic heterocycles. The topological polar surface area (TPSA) is 90.0 Å². The van der Waals surface area contributed by atoms with Crippen molar-refractivity contribution in [2.75, 3.05) is 31.2 Å². The highest BCUT2D eigenvalue weighted by molar-refractivity contribution is 5.97. The number of carbonyl (C=O) groups is 1. The van der Waals surface area contributed by atoms with E-state index >= 15 is 0 Å². The van der Waals surface area contributed by atoms with Crippen molar-refractivity contribution >= 4 is 17.3 Å². The molecule has 0 N–H and O–H groups in total. The number of hydrogen-bond donors (Lipinski definition) is 0. The number of carbonyl (C=O) groups excluding carboxylic acids is 1. The van der Waals surface area contributed by atoms with E-state index in [9.17, 15) is 14.9 Å². The standard InChI is InChI=1S/C22H26N4O4/c27-22(25-11-5-4-8-21(25)23-18-6-2-1-3-7-18)17-9-10-19(20(16-17)26(28)29)24-12-14-30-15-13-24/h4-5,8-11,16,18H,1-3,6-7,12-15H2. The Hall–Kier alpha value is -3.00. The molecule has 8 heteroatoms. The minimum atomic E-state index is -0.426. The molecule has 0 atom stereocenters. The summed E-state index contributed by atoms with van der Waals surface area (Å²) in [5.41, 5.74) is 1.32. The van der Waals surface area contributed by atoms with Gasteiger partial charge in [-0.3, -0.25) is 24.5 Å². The van der Waals surface area contributed by atoms with Gasteiger partial charge >= 0.3 is 0 Å². The first kappa shape index (κ1) is 20.3. The van der Waals surface area contributed by atoms with E-state index in [0.717, 1.165) is 25.7 Å². The zero-order valence-electron chi connectivity index (χ0n) is 16.9. The van der Waals surface area contributed by atoms with E-state index < -0.39 is 4.92 Å². The Bertz CT molecular complexity index is 989. The molecule has 1 aromatic heterocycles. The molecule has 1 saturated heterocycles. The SMILES string of the molecule is O=C(c1ccc(N2CCOCC2)c([N+](=O)[O-])c1)n1ccccc1=NC1CCCCC1. The monoisotopic (exact) mass is 410 g/mol. The van der Waals surface area contributed by atoms with Crippen LogP contribution in [0.5, 0.6) is 0 Å². The third-order valence-corrected chi connectivity index (χ3v) is 5.72. The van der Waals surface area contributed by atoms with Crippen molar-refractivity contribution in [3.63, 3.8) is 0 Å². The van der Waals surface area contributed by atoms with E-state index in [2.05, 4.69) is 0 Å². The third-order valence-electron chi connectivity index (χ3n) is 5.72. The lowest BCUT2D eigenvalue weighted by atomic mass is 9.96. The molecule has 158 valence electrons. The molecule has 2 aliphatic rings. The lowest BCUT2D eigenvalue weighted by Gasteiger charge is -2.28. The molecule has 0 unspecified atom stereocenters. The Kier molecular flexibility index (Phi) is 6.23. The minimum absolute atomic E-state index is 0.0648. The van der Waals surface area contributed by atoms with Gasteiger partial charge in [0.2, 0.25) is 0 Å². The third kappa shape index (κ3) is 4.43. The van der Waals surface area contributed by atoms with Gasteiger partial charge < -0.3 is 9.64 Å². The molecule has 0 radical (unpaired) electrons. The number of hydrogen-bond acceptors (Lipinski definition) is 6. The number of pyridine rings is 1. The second-order valence-electron chi connectivity index (χ2n) is 7.71. The highest BCUT2D eigenvalue weighted by Gasteiger charge is 2.24. The number of aromatic nitrogens is 1. The number of rotatable bonds is 4. The maximum Gasteiger partial charge on any atom is 0.293 e. The Labute approximate surface area is 175 Å². The first-order valence-electron chi connectivity index (χ1n) is 10.5. The summed E-state index contributed by atoms with van der Waals surface area (Å²) < 4.78 is 6.83. The van der Waals surface area contributed by atoms with Gasteiger partial charge in [0, 0.05) is 30.9 Å². The fraction of sp³-hybridized carbons (Fsp3) is 0.455. The summed E-state index contributed by atoms with van der Waals surface area (Å²) in [6.45, 7) is 2.24. The Morgan fingerprint density at radius 1 is 1.10 bits per heavy atom. The van der Waals surface area contributed by atoms with Crippen LogP contribution in [0.25, 0.3) is 0 Å². The smallest absolute Gasteiger partial charge is 0.293 e. The van der Waals surface area contributed by atoms with Gasteiger partial charge in [0.1, 0.15) is 11.2 Å². The average molecular weight is 410 g/mol. The lowest BCUT2D eigenvalue weighted by Crippen LogP contribution is -2.36. The normalized spacial score (nSPS) is 18.4. The molecule has 0 amide bonds. The molecule has 2 aromatic rings. The summed E-state index contributed by atoms with van der Waals surface area (Å²) in [6.07, 6.45) is 7.28. The van der Waals surface area contributed by atoms with Gasteiger partial charge in [0.15, 0.2) is 0 Å². The fourth-order valence-electron chi connectivity index (χ4n) is 4.12. The van der Waals surface area contributed by atoms with Crippen LogP contribution in [0.3, 0.4) is 0 Å². The molecule has 1 saturated carbocycles. The summed E-state index contributed by atoms with van der Waals surface area (Å²) in [5, 5.41) is 11.7. The van der Waals surface area contributed by atoms with Crippen molar-refractivity contribution in [1.29, 1.82) is 0 Å². The van der Waals surface area contributed by atoms with Crippen LogP contribution in [-0.2, 0) is 4.74 Å². The predicted octanol–water partition coefficient (Wildman–Crippen LogP) is 3.15. The molecular formula is C22H26N4O4. The highest BCUT2D eigenvalue weighted by atomic mass is 16.6. The predicted molar refractivity (Wildman–Crippen MR) is 113 cm³/mol. The van der Waals surface area contributed by atoms with E-state index in [-0.39, 0.29) is 23.2 Å². The van der Waals surface area contributed by atoms with Crippen LogP contribution in [0.15, 0.2) is 47.6 Å². The van der Waals surface area contributed by atoms with Crippen LogP contribution in [-0.4, -0.2) is 47.7 Å². The number of morpholine rings is 1. The Morgan fingerprint density at radius 2 is 1.87 bits per heavy atom. The highest BCUT2D eigenvalue weighted by Crippen LogP contribution is 2.30. The second kappa shape index (κ2) is 9.21. The number of nitro groups is 1. The van der Waals surface area contributed by atoms with Crippen LogP contribution >= 0.6 is 0 Å². The Morgan fingerprint density at radius 3 is 2.60 bits per heavy atom. The van der Waals surface area contributed by atoms with Crippen molar-refractivity contribution in [2.24, 2.45) is 4.99 Å². The van der Waals surface area contributed by atoms with E-state index in [1.807, 2.05) is 17.0 Å². The summed E-state index contributed by atoms with van der Waals surface area (Å²) in [5.74, 6) is -0.318. The van der Waals surface area contributed by atoms with Crippen LogP contribution < -0.4 is 10.4 Å². The summed E-state index contributed by atoms with van der Waals surface area (Å²) in [6, 6.07) is 10.4. The molecule has 1 aliphatic carbocycles. The van der Waals surface area contributed by atoms with Gasteiger partial charge in [0.25, 0.3) is 11.6 Å².